The van der Waals surface area contributed by atoms with Gasteiger partial charge in [-0.3, -0.25) is 0 Å². The number of carbonyl (C=O) groups excluding carboxylic acids is 1. The number of carboxylic acid groups (broad SMARTS) is 1. The SMILES string of the molecule is CN(C(=O)NCc1ccccc1F)C(C)(C)C(=O)O. The number of likely N-dealkylation sites (N-methyl/N-ethyl adjacent to an activating group) is 1. The number of benzene rings is 1. The zero-order chi connectivity index (χ0) is 14.6. The highest BCUT2D eigenvalue weighted by atomic mass is 19.1. The molecule has 1 aromatic rings. The molecule has 0 saturated heterocycles. The number of hydrogen-bond acceptors (Lipinski definition) is 2. The van der Waals surface area contributed by atoms with Crippen LogP contribution in [0.1, 0.15) is 19.4 Å². The molecule has 0 saturated carbocycles. The maximum atomic E-state index is 13.3. The largest absolute Gasteiger partial charge is 0.480 e. The molecular weight excluding hydrogens is 251 g/mol. The number of urea groups is 1. The molecule has 19 heavy (non-hydrogen) atoms. The molecule has 2 amide bonds. The summed E-state index contributed by atoms with van der Waals surface area (Å²) in [6.07, 6.45) is 0. The smallest absolute Gasteiger partial charge is 0.329 e. The standard InChI is InChI=1S/C13H17FN2O3/c1-13(2,11(17)18)16(3)12(19)15-8-9-6-4-5-7-10(9)14/h4-7H,8H2,1-3H3,(H,15,19)(H,17,18). The van der Waals surface area contributed by atoms with Crippen LogP contribution >= 0.6 is 0 Å². The van der Waals surface area contributed by atoms with Crippen molar-refractivity contribution in [3.05, 3.63) is 35.6 Å². The van der Waals surface area contributed by atoms with Gasteiger partial charge in [-0.1, -0.05) is 18.2 Å². The Morgan fingerprint density at radius 3 is 2.47 bits per heavy atom. The number of aliphatic carboxylic acids is 1. The summed E-state index contributed by atoms with van der Waals surface area (Å²) in [5.74, 6) is -1.53. The minimum Gasteiger partial charge on any atom is -0.480 e. The predicted molar refractivity (Wildman–Crippen MR) is 68.1 cm³/mol. The first-order valence-electron chi connectivity index (χ1n) is 5.75. The topological polar surface area (TPSA) is 69.6 Å². The van der Waals surface area contributed by atoms with E-state index in [-0.39, 0.29) is 6.54 Å². The van der Waals surface area contributed by atoms with Crippen molar-refractivity contribution in [2.45, 2.75) is 25.9 Å². The molecule has 0 fully saturated rings. The average molecular weight is 268 g/mol. The minimum atomic E-state index is -1.33. The molecular formula is C13H17FN2O3. The van der Waals surface area contributed by atoms with Crippen LogP contribution in [-0.4, -0.2) is 34.6 Å². The minimum absolute atomic E-state index is 0.00550. The monoisotopic (exact) mass is 268 g/mol. The fraction of sp³-hybridized carbons (Fsp3) is 0.385. The maximum absolute atomic E-state index is 13.3. The van der Waals surface area contributed by atoms with Crippen molar-refractivity contribution < 1.29 is 19.1 Å². The summed E-state index contributed by atoms with van der Waals surface area (Å²) in [4.78, 5) is 23.9. The summed E-state index contributed by atoms with van der Waals surface area (Å²) in [5, 5.41) is 11.5. The molecule has 0 aliphatic heterocycles. The lowest BCUT2D eigenvalue weighted by atomic mass is 10.1. The molecule has 0 aromatic heterocycles. The van der Waals surface area contributed by atoms with Crippen molar-refractivity contribution in [3.8, 4) is 0 Å². The third-order valence-corrected chi connectivity index (χ3v) is 3.05. The highest BCUT2D eigenvalue weighted by molar-refractivity contribution is 5.85. The first kappa shape index (κ1) is 14.9. The van der Waals surface area contributed by atoms with Crippen LogP contribution in [0.15, 0.2) is 24.3 Å². The Hall–Kier alpha value is -2.11. The number of rotatable bonds is 4. The first-order valence-corrected chi connectivity index (χ1v) is 5.75. The molecule has 0 bridgehead atoms. The van der Waals surface area contributed by atoms with E-state index < -0.39 is 23.4 Å². The van der Waals surface area contributed by atoms with E-state index in [9.17, 15) is 14.0 Å². The Kier molecular flexibility index (Phi) is 4.47. The number of amides is 2. The van der Waals surface area contributed by atoms with E-state index in [4.69, 9.17) is 5.11 Å². The summed E-state index contributed by atoms with van der Waals surface area (Å²) in [7, 11) is 1.38. The van der Waals surface area contributed by atoms with Gasteiger partial charge in [0.25, 0.3) is 0 Å². The summed E-state index contributed by atoms with van der Waals surface area (Å²) >= 11 is 0. The number of carboxylic acids is 1. The summed E-state index contributed by atoms with van der Waals surface area (Å²) < 4.78 is 13.3. The van der Waals surface area contributed by atoms with Gasteiger partial charge in [0.15, 0.2) is 0 Å². The third-order valence-electron chi connectivity index (χ3n) is 3.05. The van der Waals surface area contributed by atoms with Crippen molar-refractivity contribution in [2.75, 3.05) is 7.05 Å². The summed E-state index contributed by atoms with van der Waals surface area (Å²) in [6, 6.07) is 5.50. The zero-order valence-electron chi connectivity index (χ0n) is 11.1. The van der Waals surface area contributed by atoms with Crippen LogP contribution in [0.4, 0.5) is 9.18 Å². The molecule has 0 aliphatic carbocycles. The highest BCUT2D eigenvalue weighted by Gasteiger charge is 2.35. The van der Waals surface area contributed by atoms with Crippen LogP contribution in [0.5, 0.6) is 0 Å². The van der Waals surface area contributed by atoms with Crippen LogP contribution in [0.3, 0.4) is 0 Å². The lowest BCUT2D eigenvalue weighted by molar-refractivity contribution is -0.146. The van der Waals surface area contributed by atoms with Crippen LogP contribution in [0.25, 0.3) is 0 Å². The second-order valence-corrected chi connectivity index (χ2v) is 4.67. The lowest BCUT2D eigenvalue weighted by Gasteiger charge is -2.31. The molecule has 6 heteroatoms. The molecule has 1 rings (SSSR count). The molecule has 0 aliphatic rings. The van der Waals surface area contributed by atoms with Gasteiger partial charge in [-0.2, -0.15) is 0 Å². The average Bonchev–Trinajstić information content (AvgIpc) is 2.36. The Morgan fingerprint density at radius 2 is 1.95 bits per heavy atom. The molecule has 0 radical (unpaired) electrons. The van der Waals surface area contributed by atoms with E-state index >= 15 is 0 Å². The van der Waals surface area contributed by atoms with Crippen molar-refractivity contribution in [1.82, 2.24) is 10.2 Å². The van der Waals surface area contributed by atoms with E-state index in [2.05, 4.69) is 5.32 Å². The predicted octanol–water partition coefficient (Wildman–Crippen LogP) is 1.83. The van der Waals surface area contributed by atoms with Crippen LogP contribution in [-0.2, 0) is 11.3 Å². The quantitative estimate of drug-likeness (QED) is 0.875. The van der Waals surface area contributed by atoms with Gasteiger partial charge in [0.1, 0.15) is 11.4 Å². The van der Waals surface area contributed by atoms with E-state index in [1.165, 1.54) is 27.0 Å². The Bertz CT molecular complexity index is 489. The normalized spacial score (nSPS) is 10.9. The van der Waals surface area contributed by atoms with Crippen LogP contribution in [0, 0.1) is 5.82 Å². The molecule has 5 nitrogen and oxygen atoms in total. The van der Waals surface area contributed by atoms with Gasteiger partial charge in [0.2, 0.25) is 0 Å². The van der Waals surface area contributed by atoms with Crippen molar-refractivity contribution in [3.63, 3.8) is 0 Å². The van der Waals surface area contributed by atoms with Crippen LogP contribution in [0.2, 0.25) is 0 Å². The first-order chi connectivity index (χ1) is 8.76. The molecule has 1 aromatic carbocycles. The van der Waals surface area contributed by atoms with Crippen molar-refractivity contribution in [2.24, 2.45) is 0 Å². The maximum Gasteiger partial charge on any atom is 0.329 e. The van der Waals surface area contributed by atoms with Gasteiger partial charge in [0.05, 0.1) is 0 Å². The van der Waals surface area contributed by atoms with Gasteiger partial charge in [-0.25, -0.2) is 14.0 Å². The van der Waals surface area contributed by atoms with E-state index in [1.54, 1.807) is 18.2 Å². The number of halogens is 1. The molecule has 0 atom stereocenters. The second-order valence-electron chi connectivity index (χ2n) is 4.67. The number of nitrogens with zero attached hydrogens (tertiary/aromatic N) is 1. The summed E-state index contributed by atoms with van der Waals surface area (Å²) in [5.41, 5.74) is -0.989. The van der Waals surface area contributed by atoms with Gasteiger partial charge >= 0.3 is 12.0 Å². The molecule has 104 valence electrons. The second kappa shape index (κ2) is 5.69. The van der Waals surface area contributed by atoms with Gasteiger partial charge in [-0.05, 0) is 19.9 Å². The fourth-order valence-corrected chi connectivity index (χ4v) is 1.33. The van der Waals surface area contributed by atoms with E-state index in [1.807, 2.05) is 0 Å². The Balaban J connectivity index is 2.66. The number of hydrogen-bond donors (Lipinski definition) is 2. The van der Waals surface area contributed by atoms with Gasteiger partial charge < -0.3 is 15.3 Å². The highest BCUT2D eigenvalue weighted by Crippen LogP contribution is 2.13. The van der Waals surface area contributed by atoms with Crippen molar-refractivity contribution >= 4 is 12.0 Å². The Morgan fingerprint density at radius 1 is 1.37 bits per heavy atom. The molecule has 0 unspecified atom stereocenters. The Labute approximate surface area is 111 Å². The lowest BCUT2D eigenvalue weighted by Crippen LogP contribution is -2.53. The molecule has 0 heterocycles. The number of nitrogens with one attached hydrogen (secondary N) is 1. The van der Waals surface area contributed by atoms with Crippen molar-refractivity contribution in [1.29, 1.82) is 0 Å². The van der Waals surface area contributed by atoms with Gasteiger partial charge in [0, 0.05) is 19.2 Å². The number of carbonyl (C=O) groups is 2. The summed E-state index contributed by atoms with van der Waals surface area (Å²) in [6.45, 7) is 2.83. The third kappa shape index (κ3) is 3.43. The molecule has 2 N–H and O–H groups in total. The van der Waals surface area contributed by atoms with Crippen LogP contribution < -0.4 is 5.32 Å². The molecule has 0 spiro atoms. The van der Waals surface area contributed by atoms with E-state index in [0.717, 1.165) is 4.90 Å². The fourth-order valence-electron chi connectivity index (χ4n) is 1.33. The zero-order valence-corrected chi connectivity index (χ0v) is 11.1. The van der Waals surface area contributed by atoms with E-state index in [0.29, 0.717) is 5.56 Å². The van der Waals surface area contributed by atoms with Gasteiger partial charge in [-0.15, -0.1) is 0 Å².